The molecule has 1 fully saturated rings. The second-order valence-corrected chi connectivity index (χ2v) is 5.52. The molecule has 1 aliphatic carbocycles. The van der Waals surface area contributed by atoms with Crippen LogP contribution < -0.4 is 11.1 Å². The van der Waals surface area contributed by atoms with Gasteiger partial charge < -0.3 is 11.1 Å². The topological polar surface area (TPSA) is 55.1 Å². The molecule has 1 saturated carbocycles. The van der Waals surface area contributed by atoms with Crippen molar-refractivity contribution in [1.82, 2.24) is 5.32 Å². The van der Waals surface area contributed by atoms with Crippen molar-refractivity contribution in [3.05, 3.63) is 35.9 Å². The van der Waals surface area contributed by atoms with Gasteiger partial charge in [-0.2, -0.15) is 0 Å². The minimum absolute atomic E-state index is 0.0135. The Morgan fingerprint density at radius 3 is 2.67 bits per heavy atom. The second kappa shape index (κ2) is 5.11. The largest absolute Gasteiger partial charge is 0.349 e. The molecule has 3 atom stereocenters. The van der Waals surface area contributed by atoms with Crippen LogP contribution >= 0.6 is 0 Å². The maximum atomic E-state index is 12.4. The van der Waals surface area contributed by atoms with Gasteiger partial charge in [-0.05, 0) is 32.3 Å². The molecule has 98 valence electrons. The first kappa shape index (κ1) is 13.1. The lowest BCUT2D eigenvalue weighted by molar-refractivity contribution is -0.131. The Morgan fingerprint density at radius 1 is 1.44 bits per heavy atom. The number of carbonyl (C=O) groups is 1. The van der Waals surface area contributed by atoms with Crippen LogP contribution in [0.5, 0.6) is 0 Å². The third kappa shape index (κ3) is 2.41. The fraction of sp³-hybridized carbons (Fsp3) is 0.533. The predicted octanol–water partition coefficient (Wildman–Crippen LogP) is 2.38. The Morgan fingerprint density at radius 2 is 2.11 bits per heavy atom. The molecule has 2 rings (SSSR count). The van der Waals surface area contributed by atoms with Crippen molar-refractivity contribution in [2.45, 2.75) is 45.2 Å². The summed E-state index contributed by atoms with van der Waals surface area (Å²) in [5.41, 5.74) is 6.79. The highest BCUT2D eigenvalue weighted by Crippen LogP contribution is 2.37. The summed E-state index contributed by atoms with van der Waals surface area (Å²) in [7, 11) is 0. The van der Waals surface area contributed by atoms with Crippen LogP contribution in [0.1, 0.15) is 44.7 Å². The lowest BCUT2D eigenvalue weighted by Crippen LogP contribution is -2.47. The fourth-order valence-electron chi connectivity index (χ4n) is 2.66. The molecule has 0 bridgehead atoms. The van der Waals surface area contributed by atoms with E-state index in [2.05, 4.69) is 5.32 Å². The molecule has 0 saturated heterocycles. The second-order valence-electron chi connectivity index (χ2n) is 5.52. The first-order valence-electron chi connectivity index (χ1n) is 6.65. The van der Waals surface area contributed by atoms with E-state index < -0.39 is 5.41 Å². The number of nitrogens with one attached hydrogen (secondary N) is 1. The van der Waals surface area contributed by atoms with Gasteiger partial charge in [0.05, 0.1) is 11.5 Å². The Hall–Kier alpha value is -1.35. The third-order valence-electron chi connectivity index (χ3n) is 4.20. The summed E-state index contributed by atoms with van der Waals surface area (Å²) in [6.45, 7) is 3.99. The summed E-state index contributed by atoms with van der Waals surface area (Å²) < 4.78 is 0. The van der Waals surface area contributed by atoms with Crippen LogP contribution in [-0.2, 0) is 4.79 Å². The molecule has 1 aliphatic rings. The molecule has 0 spiro atoms. The minimum Gasteiger partial charge on any atom is -0.349 e. The van der Waals surface area contributed by atoms with E-state index in [4.69, 9.17) is 5.73 Å². The van der Waals surface area contributed by atoms with Crippen LogP contribution in [0.2, 0.25) is 0 Å². The molecule has 1 amide bonds. The predicted molar refractivity (Wildman–Crippen MR) is 72.9 cm³/mol. The molecular formula is C15H22N2O. The Labute approximate surface area is 109 Å². The molecule has 0 aliphatic heterocycles. The Bertz CT molecular complexity index is 418. The van der Waals surface area contributed by atoms with E-state index in [1.54, 1.807) is 0 Å². The number of hydrogen-bond acceptors (Lipinski definition) is 2. The van der Waals surface area contributed by atoms with E-state index in [0.717, 1.165) is 24.8 Å². The standard InChI is InChI=1S/C15H22N2O/c1-11(12-7-4-3-5-8-12)17-14(18)15(2)10-6-9-13(15)16/h3-5,7-8,11,13H,6,9-10,16H2,1-2H3,(H,17,18)/t11-,13?,15?/m1/s1. The van der Waals surface area contributed by atoms with Crippen molar-refractivity contribution in [2.75, 3.05) is 0 Å². The molecule has 0 radical (unpaired) electrons. The van der Waals surface area contributed by atoms with Crippen molar-refractivity contribution in [1.29, 1.82) is 0 Å². The van der Waals surface area contributed by atoms with Gasteiger partial charge in [0.1, 0.15) is 0 Å². The van der Waals surface area contributed by atoms with Crippen LogP contribution in [0, 0.1) is 5.41 Å². The van der Waals surface area contributed by atoms with Gasteiger partial charge in [0.2, 0.25) is 5.91 Å². The fourth-order valence-corrected chi connectivity index (χ4v) is 2.66. The molecule has 1 aromatic rings. The first-order chi connectivity index (χ1) is 8.54. The van der Waals surface area contributed by atoms with E-state index in [1.807, 2.05) is 44.2 Å². The molecule has 3 heteroatoms. The molecule has 1 aromatic carbocycles. The maximum absolute atomic E-state index is 12.4. The number of rotatable bonds is 3. The number of amides is 1. The van der Waals surface area contributed by atoms with Crippen molar-refractivity contribution in [2.24, 2.45) is 11.1 Å². The van der Waals surface area contributed by atoms with Gasteiger partial charge in [0.15, 0.2) is 0 Å². The SMILES string of the molecule is C[C@@H](NC(=O)C1(C)CCCC1N)c1ccccc1. The van der Waals surface area contributed by atoms with Crippen molar-refractivity contribution in [3.63, 3.8) is 0 Å². The number of hydrogen-bond donors (Lipinski definition) is 2. The van der Waals surface area contributed by atoms with Gasteiger partial charge in [-0.3, -0.25) is 4.79 Å². The highest BCUT2D eigenvalue weighted by Gasteiger charge is 2.43. The van der Waals surface area contributed by atoms with E-state index in [0.29, 0.717) is 0 Å². The summed E-state index contributed by atoms with van der Waals surface area (Å²) in [4.78, 5) is 12.4. The lowest BCUT2D eigenvalue weighted by atomic mass is 9.84. The average molecular weight is 246 g/mol. The zero-order valence-corrected chi connectivity index (χ0v) is 11.1. The third-order valence-corrected chi connectivity index (χ3v) is 4.20. The van der Waals surface area contributed by atoms with Crippen LogP contribution in [0.25, 0.3) is 0 Å². The summed E-state index contributed by atoms with van der Waals surface area (Å²) >= 11 is 0. The number of carbonyl (C=O) groups excluding carboxylic acids is 1. The van der Waals surface area contributed by atoms with Crippen molar-refractivity contribution < 1.29 is 4.79 Å². The van der Waals surface area contributed by atoms with Crippen molar-refractivity contribution in [3.8, 4) is 0 Å². The molecule has 3 nitrogen and oxygen atoms in total. The molecule has 18 heavy (non-hydrogen) atoms. The maximum Gasteiger partial charge on any atom is 0.227 e. The molecule has 3 N–H and O–H groups in total. The Kier molecular flexibility index (Phi) is 3.71. The van der Waals surface area contributed by atoms with E-state index in [9.17, 15) is 4.79 Å². The molecular weight excluding hydrogens is 224 g/mol. The minimum atomic E-state index is -0.400. The summed E-state index contributed by atoms with van der Waals surface area (Å²) in [6.07, 6.45) is 2.88. The van der Waals surface area contributed by atoms with Gasteiger partial charge in [0.25, 0.3) is 0 Å². The summed E-state index contributed by atoms with van der Waals surface area (Å²) in [5.74, 6) is 0.0869. The zero-order valence-electron chi connectivity index (χ0n) is 11.1. The van der Waals surface area contributed by atoms with E-state index in [-0.39, 0.29) is 18.0 Å². The summed E-state index contributed by atoms with van der Waals surface area (Å²) in [6, 6.07) is 10.0. The number of nitrogens with two attached hydrogens (primary N) is 1. The summed E-state index contributed by atoms with van der Waals surface area (Å²) in [5, 5.41) is 3.09. The zero-order chi connectivity index (χ0) is 13.2. The van der Waals surface area contributed by atoms with Crippen LogP contribution in [0.4, 0.5) is 0 Å². The molecule has 0 aromatic heterocycles. The van der Waals surface area contributed by atoms with Crippen LogP contribution in [-0.4, -0.2) is 11.9 Å². The van der Waals surface area contributed by atoms with Crippen LogP contribution in [0.3, 0.4) is 0 Å². The van der Waals surface area contributed by atoms with Gasteiger partial charge in [-0.25, -0.2) is 0 Å². The highest BCUT2D eigenvalue weighted by atomic mass is 16.2. The lowest BCUT2D eigenvalue weighted by Gasteiger charge is -2.29. The molecule has 0 heterocycles. The van der Waals surface area contributed by atoms with Gasteiger partial charge in [0, 0.05) is 6.04 Å². The number of benzene rings is 1. The smallest absolute Gasteiger partial charge is 0.227 e. The van der Waals surface area contributed by atoms with E-state index in [1.165, 1.54) is 0 Å². The quantitative estimate of drug-likeness (QED) is 0.860. The molecule has 2 unspecified atom stereocenters. The highest BCUT2D eigenvalue weighted by molar-refractivity contribution is 5.83. The van der Waals surface area contributed by atoms with Gasteiger partial charge >= 0.3 is 0 Å². The van der Waals surface area contributed by atoms with Gasteiger partial charge in [-0.1, -0.05) is 36.8 Å². The monoisotopic (exact) mass is 246 g/mol. The van der Waals surface area contributed by atoms with Crippen molar-refractivity contribution >= 4 is 5.91 Å². The van der Waals surface area contributed by atoms with Gasteiger partial charge in [-0.15, -0.1) is 0 Å². The average Bonchev–Trinajstić information content (AvgIpc) is 2.72. The van der Waals surface area contributed by atoms with E-state index >= 15 is 0 Å². The Balaban J connectivity index is 2.04. The van der Waals surface area contributed by atoms with Crippen LogP contribution in [0.15, 0.2) is 30.3 Å². The normalized spacial score (nSPS) is 28.9. The first-order valence-corrected chi connectivity index (χ1v) is 6.65.